The molecule has 83 heavy (non-hydrogen) atoms. The highest BCUT2D eigenvalue weighted by molar-refractivity contribution is 6.00. The average molecular weight is 1160 g/mol. The fourth-order valence-electron chi connectivity index (χ4n) is 9.18. The van der Waals surface area contributed by atoms with Gasteiger partial charge in [-0.25, -0.2) is 0 Å². The number of nitrogens with zero attached hydrogens (tertiary/aromatic N) is 1. The lowest BCUT2D eigenvalue weighted by Crippen LogP contribution is -2.70. The molecule has 0 saturated carbocycles. The van der Waals surface area contributed by atoms with Gasteiger partial charge in [0.2, 0.25) is 53.2 Å². The van der Waals surface area contributed by atoms with Crippen molar-refractivity contribution < 1.29 is 93.6 Å². The predicted octanol–water partition coefficient (Wildman–Crippen LogP) is -9.64. The van der Waals surface area contributed by atoms with Crippen molar-refractivity contribution >= 4 is 98.8 Å². The zero-order valence-corrected chi connectivity index (χ0v) is 44.8. The molecule has 2 aromatic heterocycles. The standard InChI is InChI=1S/C52H67N13O18/c1-24(67)43(64-44(74)29(53)12-14-39(54)68)50(80)63-37(23-66)48(78)58-32(13-15-40(55)69)45(75)59-33(17-25-21-56-30-9-4-2-7-27(25)30)46(76)60-34(19-41(70)71)47(77)61-35(20-42(72)73)51(81)65-16-6-11-38(65)49(79)62-36(52(82)83)18-26-22-57-31-10-5-3-8-28(26)31/h2-5,7-10,21-22,24,29,32-38,43,56-57,66-67H,6,11-20,23,53H2,1H3,(H2,54,68)(H2,55,69)(H,58,78)(H,59,75)(H,60,76)(H,61,77)(H,62,79)(H,63,80)(H,64,74)(H,70,71)(H,72,73)(H,82,83)/p-2/t24-,29+,32+,33+,34+,35+,36+,37+,38+,43+/m1/s1. The van der Waals surface area contributed by atoms with Crippen LogP contribution in [0, 0.1) is 0 Å². The highest BCUT2D eigenvalue weighted by atomic mass is 16.4. The molecule has 31 heteroatoms. The number of aromatic amines is 2. The SMILES string of the molecule is C[C@@H](O)[C@H](NC(=O)[C@@H]([NH3+])CCC(N)=O)C(=O)N[C@@H](CO)C(=O)N[C@@H](CCC(N)=O)C(=O)N[C@@H](Cc1c[nH]c2ccccc12)C(=O)N[C@@H](CC(=O)[O-])C(=O)N[C@@H](CC(=O)[O-])C(=O)N1CCC[C@H]1C(=O)N[C@@H](Cc1c[nH]c2ccccc12)C(=O)[O-]. The number of carbonyl (C=O) groups excluding carboxylic acids is 13. The van der Waals surface area contributed by atoms with Crippen LogP contribution in [0.4, 0.5) is 0 Å². The Bertz CT molecular complexity index is 3090. The van der Waals surface area contributed by atoms with Gasteiger partial charge in [0.1, 0.15) is 42.3 Å². The number of carboxylic acid groups (broad SMARTS) is 3. The molecular formula is C52H65N13O18-2. The van der Waals surface area contributed by atoms with Crippen LogP contribution in [0.15, 0.2) is 60.9 Å². The quantitative estimate of drug-likeness (QED) is 0.0216. The summed E-state index contributed by atoms with van der Waals surface area (Å²) in [5.41, 5.74) is 16.2. The normalized spacial score (nSPS) is 16.3. The van der Waals surface area contributed by atoms with E-state index < -0.39 is 176 Å². The van der Waals surface area contributed by atoms with Crippen LogP contribution in [0.25, 0.3) is 21.8 Å². The van der Waals surface area contributed by atoms with Crippen molar-refractivity contribution in [3.8, 4) is 0 Å². The van der Waals surface area contributed by atoms with E-state index in [0.717, 1.165) is 11.8 Å². The number of aliphatic hydroxyl groups is 2. The minimum absolute atomic E-state index is 0.0410. The first-order chi connectivity index (χ1) is 39.3. The largest absolute Gasteiger partial charge is 0.550 e. The first-order valence-corrected chi connectivity index (χ1v) is 26.1. The van der Waals surface area contributed by atoms with Gasteiger partial charge < -0.3 is 109 Å². The summed E-state index contributed by atoms with van der Waals surface area (Å²) in [6.07, 6.45) is -3.33. The van der Waals surface area contributed by atoms with Crippen molar-refractivity contribution in [3.05, 3.63) is 72.1 Å². The van der Waals surface area contributed by atoms with Crippen molar-refractivity contribution in [2.24, 2.45) is 11.5 Å². The van der Waals surface area contributed by atoms with E-state index in [1.165, 1.54) is 6.20 Å². The smallest absolute Gasteiger partial charge is 0.278 e. The van der Waals surface area contributed by atoms with Crippen LogP contribution in [0.1, 0.15) is 69.4 Å². The molecule has 0 bridgehead atoms. The average Bonchev–Trinajstić information content (AvgIpc) is 4.27. The first kappa shape index (κ1) is 64.3. The lowest BCUT2D eigenvalue weighted by Gasteiger charge is -2.31. The Hall–Kier alpha value is -9.49. The van der Waals surface area contributed by atoms with E-state index in [1.54, 1.807) is 54.7 Å². The summed E-state index contributed by atoms with van der Waals surface area (Å²) < 4.78 is 0. The number of carbonyl (C=O) groups is 13. The fourth-order valence-corrected chi connectivity index (χ4v) is 9.18. The van der Waals surface area contributed by atoms with Gasteiger partial charge in [-0.15, -0.1) is 0 Å². The van der Waals surface area contributed by atoms with E-state index in [4.69, 9.17) is 11.5 Å². The third-order valence-corrected chi connectivity index (χ3v) is 13.6. The van der Waals surface area contributed by atoms with Gasteiger partial charge >= 0.3 is 0 Å². The number of amides is 10. The highest BCUT2D eigenvalue weighted by Gasteiger charge is 2.40. The molecule has 31 nitrogen and oxygen atoms in total. The number of fused-ring (bicyclic) bond motifs is 2. The van der Waals surface area contributed by atoms with Gasteiger partial charge in [0.05, 0.1) is 24.7 Å². The number of likely N-dealkylation sites (tertiary alicyclic amines) is 1. The van der Waals surface area contributed by atoms with Crippen LogP contribution >= 0.6 is 0 Å². The number of nitrogens with one attached hydrogen (secondary N) is 9. The molecule has 5 rings (SSSR count). The van der Waals surface area contributed by atoms with Crippen LogP contribution in [0.3, 0.4) is 0 Å². The minimum Gasteiger partial charge on any atom is -0.550 e. The zero-order chi connectivity index (χ0) is 61.2. The van der Waals surface area contributed by atoms with Gasteiger partial charge in [-0.1, -0.05) is 36.4 Å². The molecule has 4 aromatic rings. The Morgan fingerprint density at radius 2 is 1.08 bits per heavy atom. The van der Waals surface area contributed by atoms with Crippen LogP contribution in [-0.4, -0.2) is 176 Å². The number of para-hydroxylation sites is 2. The van der Waals surface area contributed by atoms with Crippen molar-refractivity contribution in [2.75, 3.05) is 13.2 Å². The number of aliphatic hydroxyl groups excluding tert-OH is 2. The summed E-state index contributed by atoms with van der Waals surface area (Å²) in [7, 11) is 0. The van der Waals surface area contributed by atoms with Gasteiger partial charge in [-0.3, -0.25) is 47.9 Å². The summed E-state index contributed by atoms with van der Waals surface area (Å²) in [5, 5.41) is 73.9. The number of primary amides is 2. The summed E-state index contributed by atoms with van der Waals surface area (Å²) in [6.45, 7) is -0.243. The van der Waals surface area contributed by atoms with E-state index in [2.05, 4.69) is 52.9 Å². The third-order valence-electron chi connectivity index (χ3n) is 13.6. The molecule has 1 aliphatic heterocycles. The monoisotopic (exact) mass is 1160 g/mol. The maximum Gasteiger partial charge on any atom is 0.278 e. The van der Waals surface area contributed by atoms with Crippen LogP contribution in [0.2, 0.25) is 0 Å². The molecule has 0 unspecified atom stereocenters. The molecule has 2 aromatic carbocycles. The maximum atomic E-state index is 14.4. The van der Waals surface area contributed by atoms with Gasteiger partial charge in [0.25, 0.3) is 5.91 Å². The Morgan fingerprint density at radius 1 is 0.614 bits per heavy atom. The zero-order valence-electron chi connectivity index (χ0n) is 44.8. The number of H-pyrrole nitrogens is 2. The number of rotatable bonds is 32. The first-order valence-electron chi connectivity index (χ1n) is 26.1. The molecule has 1 saturated heterocycles. The topological polar surface area (TPSA) is 530 Å². The molecule has 1 aliphatic rings. The second kappa shape index (κ2) is 29.8. The molecule has 0 radical (unpaired) electrons. The second-order valence-corrected chi connectivity index (χ2v) is 19.8. The van der Waals surface area contributed by atoms with Crippen molar-refractivity contribution in [1.29, 1.82) is 0 Å². The molecule has 3 heterocycles. The maximum absolute atomic E-state index is 14.4. The van der Waals surface area contributed by atoms with E-state index in [9.17, 15) is 87.9 Å². The van der Waals surface area contributed by atoms with E-state index in [-0.39, 0.29) is 38.6 Å². The fraction of sp³-hybridized carbons (Fsp3) is 0.442. The minimum atomic E-state index is -2.21. The molecule has 10 atom stereocenters. The molecule has 0 spiro atoms. The Morgan fingerprint density at radius 3 is 1.63 bits per heavy atom. The highest BCUT2D eigenvalue weighted by Crippen LogP contribution is 2.23. The van der Waals surface area contributed by atoms with Gasteiger partial charge in [-0.05, 0) is 49.4 Å². The van der Waals surface area contributed by atoms with E-state index in [1.807, 2.05) is 0 Å². The summed E-state index contributed by atoms with van der Waals surface area (Å²) in [6, 6.07) is -2.21. The number of quaternary nitrogens is 1. The predicted molar refractivity (Wildman–Crippen MR) is 279 cm³/mol. The lowest BCUT2D eigenvalue weighted by atomic mass is 10.0. The number of carboxylic acids is 3. The number of nitrogens with two attached hydrogens (primary N) is 2. The number of benzene rings is 2. The molecule has 0 aliphatic carbocycles. The Balaban J connectivity index is 1.36. The van der Waals surface area contributed by atoms with Crippen LogP contribution in [-0.2, 0) is 75.2 Å². The molecule has 18 N–H and O–H groups in total. The van der Waals surface area contributed by atoms with Crippen LogP contribution < -0.4 is 69.7 Å². The Labute approximate surface area is 471 Å². The third kappa shape index (κ3) is 18.3. The van der Waals surface area contributed by atoms with Gasteiger partial charge in [0.15, 0.2) is 6.04 Å². The van der Waals surface area contributed by atoms with Crippen molar-refractivity contribution in [1.82, 2.24) is 52.1 Å². The number of hydrogen-bond donors (Lipinski definition) is 14. The van der Waals surface area contributed by atoms with Crippen molar-refractivity contribution in [3.63, 3.8) is 0 Å². The molecule has 10 amide bonds. The molecule has 1 fully saturated rings. The number of aliphatic carboxylic acids is 3. The molecule has 448 valence electrons. The number of hydrogen-bond acceptors (Lipinski definition) is 18. The summed E-state index contributed by atoms with van der Waals surface area (Å²) in [4.78, 5) is 177. The summed E-state index contributed by atoms with van der Waals surface area (Å²) in [5.74, 6) is -16.8. The van der Waals surface area contributed by atoms with E-state index in [0.29, 0.717) is 32.9 Å². The van der Waals surface area contributed by atoms with Crippen LogP contribution in [0.5, 0.6) is 0 Å². The second-order valence-electron chi connectivity index (χ2n) is 19.8. The van der Waals surface area contributed by atoms with Gasteiger partial charge in [-0.2, -0.15) is 0 Å². The van der Waals surface area contributed by atoms with Gasteiger partial charge in [0, 0.05) is 97.6 Å². The molecular weight excluding hydrogens is 1090 g/mol. The number of aromatic nitrogens is 2. The van der Waals surface area contributed by atoms with E-state index >= 15 is 0 Å². The lowest BCUT2D eigenvalue weighted by molar-refractivity contribution is -0.405. The Kier molecular flexibility index (Phi) is 23.1. The van der Waals surface area contributed by atoms with Crippen molar-refractivity contribution in [2.45, 2.75) is 132 Å². The summed E-state index contributed by atoms with van der Waals surface area (Å²) >= 11 is 0.